The third-order valence-corrected chi connectivity index (χ3v) is 5.28. The smallest absolute Gasteiger partial charge is 0.266 e. The highest BCUT2D eigenvalue weighted by atomic mass is 32.2. The van der Waals surface area contributed by atoms with Gasteiger partial charge in [-0.1, -0.05) is 36.0 Å². The van der Waals surface area contributed by atoms with Crippen molar-refractivity contribution in [3.63, 3.8) is 0 Å². The highest BCUT2D eigenvalue weighted by molar-refractivity contribution is 7.99. The topological polar surface area (TPSA) is 73.2 Å². The number of carbonyl (C=O) groups is 1. The number of nitrogens with zero attached hydrogens (tertiary/aromatic N) is 2. The van der Waals surface area contributed by atoms with Gasteiger partial charge in [0.25, 0.3) is 5.56 Å². The Morgan fingerprint density at radius 2 is 1.96 bits per heavy atom. The zero-order chi connectivity index (χ0) is 18.8. The van der Waals surface area contributed by atoms with Crippen LogP contribution in [-0.4, -0.2) is 34.4 Å². The summed E-state index contributed by atoms with van der Waals surface area (Å²) in [5, 5.41) is 3.95. The van der Waals surface area contributed by atoms with E-state index in [1.54, 1.807) is 25.3 Å². The lowest BCUT2D eigenvalue weighted by molar-refractivity contribution is -0.118. The largest absolute Gasteiger partial charge is 0.495 e. The molecule has 2 aromatic carbocycles. The molecule has 1 saturated carbocycles. The number of ether oxygens (including phenoxy) is 1. The van der Waals surface area contributed by atoms with Crippen molar-refractivity contribution in [1.29, 1.82) is 0 Å². The van der Waals surface area contributed by atoms with E-state index in [0.29, 0.717) is 33.5 Å². The van der Waals surface area contributed by atoms with Gasteiger partial charge in [-0.3, -0.25) is 14.2 Å². The molecule has 0 atom stereocenters. The van der Waals surface area contributed by atoms with Gasteiger partial charge in [0.2, 0.25) is 5.91 Å². The Morgan fingerprint density at radius 3 is 2.74 bits per heavy atom. The van der Waals surface area contributed by atoms with Crippen LogP contribution in [0.25, 0.3) is 16.6 Å². The maximum atomic E-state index is 13.2. The minimum atomic E-state index is -0.185. The van der Waals surface area contributed by atoms with Crippen LogP contribution in [0.2, 0.25) is 0 Å². The van der Waals surface area contributed by atoms with Gasteiger partial charge in [0.15, 0.2) is 5.16 Å². The number of nitrogens with one attached hydrogen (secondary N) is 1. The van der Waals surface area contributed by atoms with Gasteiger partial charge in [-0.15, -0.1) is 0 Å². The van der Waals surface area contributed by atoms with E-state index in [-0.39, 0.29) is 17.2 Å². The molecule has 1 heterocycles. The summed E-state index contributed by atoms with van der Waals surface area (Å²) in [6.45, 7) is 0. The molecular weight excluding hydrogens is 362 g/mol. The van der Waals surface area contributed by atoms with E-state index >= 15 is 0 Å². The molecule has 7 heteroatoms. The Labute approximate surface area is 160 Å². The van der Waals surface area contributed by atoms with Crippen LogP contribution in [0.1, 0.15) is 12.8 Å². The molecule has 0 bridgehead atoms. The molecule has 1 amide bonds. The number of fused-ring (bicyclic) bond motifs is 1. The molecular formula is C20H19N3O3S. The van der Waals surface area contributed by atoms with Crippen molar-refractivity contribution in [1.82, 2.24) is 14.9 Å². The van der Waals surface area contributed by atoms with Crippen LogP contribution in [0.5, 0.6) is 5.75 Å². The first-order chi connectivity index (χ1) is 13.2. The van der Waals surface area contributed by atoms with Gasteiger partial charge in [0.1, 0.15) is 5.75 Å². The van der Waals surface area contributed by atoms with Gasteiger partial charge in [-0.05, 0) is 37.1 Å². The van der Waals surface area contributed by atoms with E-state index in [9.17, 15) is 9.59 Å². The van der Waals surface area contributed by atoms with Crippen LogP contribution in [0, 0.1) is 0 Å². The monoisotopic (exact) mass is 381 g/mol. The van der Waals surface area contributed by atoms with Gasteiger partial charge in [-0.25, -0.2) is 4.98 Å². The number of hydrogen-bond acceptors (Lipinski definition) is 5. The predicted octanol–water partition coefficient (Wildman–Crippen LogP) is 2.77. The second kappa shape index (κ2) is 7.44. The molecule has 1 fully saturated rings. The van der Waals surface area contributed by atoms with Crippen molar-refractivity contribution >= 4 is 28.6 Å². The van der Waals surface area contributed by atoms with Gasteiger partial charge in [-0.2, -0.15) is 0 Å². The number of rotatable bonds is 6. The first kappa shape index (κ1) is 17.6. The van der Waals surface area contributed by atoms with Crippen LogP contribution in [-0.2, 0) is 4.79 Å². The molecule has 0 radical (unpaired) electrons. The molecule has 0 aliphatic heterocycles. The normalized spacial score (nSPS) is 13.5. The Bertz CT molecular complexity index is 1060. The fourth-order valence-corrected chi connectivity index (χ4v) is 3.68. The third-order valence-electron chi connectivity index (χ3n) is 4.35. The number of para-hydroxylation sites is 3. The van der Waals surface area contributed by atoms with E-state index in [1.807, 2.05) is 30.3 Å². The second-order valence-electron chi connectivity index (χ2n) is 6.35. The standard InChI is InChI=1S/C20H19N3O3S/c1-26-17-9-5-4-8-16(17)23-19(25)14-6-2-3-7-15(14)22-20(23)27-12-18(24)21-13-10-11-13/h2-9,13H,10-12H2,1H3,(H,21,24). The molecule has 0 spiro atoms. The summed E-state index contributed by atoms with van der Waals surface area (Å²) < 4.78 is 6.96. The van der Waals surface area contributed by atoms with Crippen molar-refractivity contribution in [3.05, 3.63) is 58.9 Å². The molecule has 1 N–H and O–H groups in total. The van der Waals surface area contributed by atoms with Gasteiger partial charge in [0.05, 0.1) is 29.5 Å². The maximum absolute atomic E-state index is 13.2. The molecule has 6 nitrogen and oxygen atoms in total. The lowest BCUT2D eigenvalue weighted by Gasteiger charge is -2.15. The SMILES string of the molecule is COc1ccccc1-n1c(SCC(=O)NC2CC2)nc2ccccc2c1=O. The Balaban J connectivity index is 1.80. The molecule has 0 unspecified atom stereocenters. The molecule has 1 aliphatic rings. The number of benzene rings is 2. The van der Waals surface area contributed by atoms with E-state index < -0.39 is 0 Å². The average Bonchev–Trinajstić information content (AvgIpc) is 3.50. The van der Waals surface area contributed by atoms with Crippen LogP contribution in [0.15, 0.2) is 58.5 Å². The van der Waals surface area contributed by atoms with E-state index in [1.165, 1.54) is 16.3 Å². The fourth-order valence-electron chi connectivity index (χ4n) is 2.86. The molecule has 0 saturated heterocycles. The fraction of sp³-hybridized carbons (Fsp3) is 0.250. The van der Waals surface area contributed by atoms with E-state index in [4.69, 9.17) is 4.74 Å². The van der Waals surface area contributed by atoms with Gasteiger partial charge in [0, 0.05) is 6.04 Å². The summed E-state index contributed by atoms with van der Waals surface area (Å²) in [6.07, 6.45) is 2.08. The zero-order valence-corrected chi connectivity index (χ0v) is 15.7. The average molecular weight is 381 g/mol. The van der Waals surface area contributed by atoms with Gasteiger partial charge >= 0.3 is 0 Å². The molecule has 3 aromatic rings. The molecule has 1 aliphatic carbocycles. The number of methoxy groups -OCH3 is 1. The second-order valence-corrected chi connectivity index (χ2v) is 7.30. The van der Waals surface area contributed by atoms with Crippen molar-refractivity contribution in [3.8, 4) is 11.4 Å². The van der Waals surface area contributed by atoms with Crippen LogP contribution >= 0.6 is 11.8 Å². The molecule has 1 aromatic heterocycles. The van der Waals surface area contributed by atoms with Gasteiger partial charge < -0.3 is 10.1 Å². The van der Waals surface area contributed by atoms with Crippen molar-refractivity contribution in [2.45, 2.75) is 24.0 Å². The lowest BCUT2D eigenvalue weighted by Crippen LogP contribution is -2.28. The highest BCUT2D eigenvalue weighted by Crippen LogP contribution is 2.27. The van der Waals surface area contributed by atoms with Crippen molar-refractivity contribution < 1.29 is 9.53 Å². The van der Waals surface area contributed by atoms with Crippen molar-refractivity contribution in [2.75, 3.05) is 12.9 Å². The lowest BCUT2D eigenvalue weighted by atomic mass is 10.2. The number of amides is 1. The first-order valence-corrected chi connectivity index (χ1v) is 9.73. The molecule has 27 heavy (non-hydrogen) atoms. The predicted molar refractivity (Wildman–Crippen MR) is 106 cm³/mol. The van der Waals surface area contributed by atoms with Crippen LogP contribution < -0.4 is 15.6 Å². The van der Waals surface area contributed by atoms with Crippen LogP contribution in [0.4, 0.5) is 0 Å². The summed E-state index contributed by atoms with van der Waals surface area (Å²) in [4.78, 5) is 30.0. The van der Waals surface area contributed by atoms with E-state index in [2.05, 4.69) is 10.3 Å². The highest BCUT2D eigenvalue weighted by Gasteiger charge is 2.24. The summed E-state index contributed by atoms with van der Waals surface area (Å²) in [5.41, 5.74) is 1.03. The number of aromatic nitrogens is 2. The zero-order valence-electron chi connectivity index (χ0n) is 14.8. The number of carbonyl (C=O) groups excluding carboxylic acids is 1. The quantitative estimate of drug-likeness (QED) is 0.525. The maximum Gasteiger partial charge on any atom is 0.266 e. The van der Waals surface area contributed by atoms with E-state index in [0.717, 1.165) is 12.8 Å². The van der Waals surface area contributed by atoms with Crippen molar-refractivity contribution in [2.24, 2.45) is 0 Å². The Morgan fingerprint density at radius 1 is 1.22 bits per heavy atom. The summed E-state index contributed by atoms with van der Waals surface area (Å²) in [7, 11) is 1.56. The minimum Gasteiger partial charge on any atom is -0.495 e. The number of thioether (sulfide) groups is 1. The minimum absolute atomic E-state index is 0.0449. The Hall–Kier alpha value is -2.80. The summed E-state index contributed by atoms with van der Waals surface area (Å²) in [6, 6.07) is 14.8. The third kappa shape index (κ3) is 3.68. The van der Waals surface area contributed by atoms with Crippen LogP contribution in [0.3, 0.4) is 0 Å². The first-order valence-electron chi connectivity index (χ1n) is 8.74. The molecule has 4 rings (SSSR count). The summed E-state index contributed by atoms with van der Waals surface area (Å²) in [5.74, 6) is 0.730. The Kier molecular flexibility index (Phi) is 4.85. The molecule has 138 valence electrons. The number of hydrogen-bond donors (Lipinski definition) is 1. The summed E-state index contributed by atoms with van der Waals surface area (Å²) >= 11 is 1.25.